The fraction of sp³-hybridized carbons (Fsp3) is 0.429. The van der Waals surface area contributed by atoms with E-state index < -0.39 is 0 Å². The number of rotatable bonds is 6. The fourth-order valence-corrected chi connectivity index (χ4v) is 3.40. The molecule has 5 nitrogen and oxygen atoms in total. The first-order chi connectivity index (χ1) is 12.6. The Labute approximate surface area is 155 Å². The Balaban J connectivity index is 1.68. The van der Waals surface area contributed by atoms with Gasteiger partial charge in [0.2, 0.25) is 5.91 Å². The standard InChI is InChI=1S/C21H27N3O2/c1-23-12-8-17(9-13-23)14-21(26)24(16-19-6-10-22-11-7-19)15-18-2-4-20(25)5-3-18/h2-7,10-11,17,25H,8-9,12-16H2,1H3. The van der Waals surface area contributed by atoms with Crippen LogP contribution in [0.1, 0.15) is 30.4 Å². The van der Waals surface area contributed by atoms with Gasteiger partial charge in [0.05, 0.1) is 0 Å². The first-order valence-corrected chi connectivity index (χ1v) is 9.23. The number of carbonyl (C=O) groups excluding carboxylic acids is 1. The molecular weight excluding hydrogens is 326 g/mol. The van der Waals surface area contributed by atoms with E-state index in [0.717, 1.165) is 37.1 Å². The molecule has 1 aromatic heterocycles. The van der Waals surface area contributed by atoms with Gasteiger partial charge >= 0.3 is 0 Å². The molecule has 2 aromatic rings. The van der Waals surface area contributed by atoms with Gasteiger partial charge in [-0.3, -0.25) is 9.78 Å². The lowest BCUT2D eigenvalue weighted by Gasteiger charge is -2.30. The number of amides is 1. The van der Waals surface area contributed by atoms with E-state index in [1.165, 1.54) is 0 Å². The van der Waals surface area contributed by atoms with Crippen LogP contribution in [0, 0.1) is 5.92 Å². The molecule has 1 N–H and O–H groups in total. The molecular formula is C21H27N3O2. The predicted octanol–water partition coefficient (Wildman–Crippen LogP) is 3.05. The van der Waals surface area contributed by atoms with Crippen molar-refractivity contribution in [2.24, 2.45) is 5.92 Å². The number of phenolic OH excluding ortho intramolecular Hbond substituents is 1. The third-order valence-electron chi connectivity index (χ3n) is 5.09. The van der Waals surface area contributed by atoms with Crippen LogP contribution in [0.5, 0.6) is 5.75 Å². The highest BCUT2D eigenvalue weighted by molar-refractivity contribution is 5.76. The first-order valence-electron chi connectivity index (χ1n) is 9.23. The summed E-state index contributed by atoms with van der Waals surface area (Å²) in [5.41, 5.74) is 2.10. The number of aromatic hydroxyl groups is 1. The van der Waals surface area contributed by atoms with E-state index in [-0.39, 0.29) is 11.7 Å². The number of pyridine rings is 1. The first kappa shape index (κ1) is 18.4. The average molecular weight is 353 g/mol. The van der Waals surface area contributed by atoms with Crippen LogP contribution in [0.3, 0.4) is 0 Å². The number of hydrogen-bond acceptors (Lipinski definition) is 4. The summed E-state index contributed by atoms with van der Waals surface area (Å²) in [7, 11) is 2.14. The summed E-state index contributed by atoms with van der Waals surface area (Å²) < 4.78 is 0. The van der Waals surface area contributed by atoms with E-state index in [4.69, 9.17) is 0 Å². The smallest absolute Gasteiger partial charge is 0.223 e. The molecule has 1 aromatic carbocycles. The summed E-state index contributed by atoms with van der Waals surface area (Å²) in [6.07, 6.45) is 6.30. The number of nitrogens with zero attached hydrogens (tertiary/aromatic N) is 3. The minimum atomic E-state index is 0.199. The van der Waals surface area contributed by atoms with E-state index in [2.05, 4.69) is 16.9 Å². The Morgan fingerprint density at radius 1 is 1.08 bits per heavy atom. The zero-order chi connectivity index (χ0) is 18.4. The molecule has 1 saturated heterocycles. The van der Waals surface area contributed by atoms with Crippen LogP contribution in [-0.2, 0) is 17.9 Å². The molecule has 0 bridgehead atoms. The molecule has 1 fully saturated rings. The van der Waals surface area contributed by atoms with Gasteiger partial charge in [-0.1, -0.05) is 12.1 Å². The zero-order valence-electron chi connectivity index (χ0n) is 15.3. The number of phenols is 1. The van der Waals surface area contributed by atoms with Crippen molar-refractivity contribution >= 4 is 5.91 Å². The maximum Gasteiger partial charge on any atom is 0.223 e. The number of hydrogen-bond donors (Lipinski definition) is 1. The summed E-state index contributed by atoms with van der Waals surface area (Å²) in [6.45, 7) is 3.27. The van der Waals surface area contributed by atoms with Crippen LogP contribution in [0.25, 0.3) is 0 Å². The SMILES string of the molecule is CN1CCC(CC(=O)N(Cc2ccncc2)Cc2ccc(O)cc2)CC1. The summed E-state index contributed by atoms with van der Waals surface area (Å²) in [5.74, 6) is 0.912. The molecule has 2 heterocycles. The van der Waals surface area contributed by atoms with Crippen LogP contribution in [0.15, 0.2) is 48.8 Å². The summed E-state index contributed by atoms with van der Waals surface area (Å²) in [5, 5.41) is 9.48. The Kier molecular flexibility index (Phi) is 6.23. The Hall–Kier alpha value is -2.40. The molecule has 138 valence electrons. The van der Waals surface area contributed by atoms with Crippen LogP contribution in [0.2, 0.25) is 0 Å². The van der Waals surface area contributed by atoms with Gasteiger partial charge in [0.1, 0.15) is 5.75 Å². The Morgan fingerprint density at radius 3 is 2.27 bits per heavy atom. The average Bonchev–Trinajstić information content (AvgIpc) is 2.65. The number of likely N-dealkylation sites (tertiary alicyclic amines) is 1. The molecule has 0 radical (unpaired) electrons. The molecule has 0 aliphatic carbocycles. The van der Waals surface area contributed by atoms with Gasteiger partial charge in [0.25, 0.3) is 0 Å². The lowest BCUT2D eigenvalue weighted by Crippen LogP contribution is -2.35. The fourth-order valence-electron chi connectivity index (χ4n) is 3.40. The number of piperidine rings is 1. The maximum atomic E-state index is 13.0. The predicted molar refractivity (Wildman–Crippen MR) is 101 cm³/mol. The molecule has 1 aliphatic rings. The van der Waals surface area contributed by atoms with Gasteiger partial charge in [-0.25, -0.2) is 0 Å². The minimum Gasteiger partial charge on any atom is -0.508 e. The number of carbonyl (C=O) groups is 1. The summed E-state index contributed by atoms with van der Waals surface area (Å²) in [6, 6.07) is 11.0. The molecule has 1 amide bonds. The molecule has 1 aliphatic heterocycles. The highest BCUT2D eigenvalue weighted by Crippen LogP contribution is 2.22. The molecule has 26 heavy (non-hydrogen) atoms. The molecule has 0 spiro atoms. The normalized spacial score (nSPS) is 15.7. The highest BCUT2D eigenvalue weighted by atomic mass is 16.3. The van der Waals surface area contributed by atoms with E-state index >= 15 is 0 Å². The van der Waals surface area contributed by atoms with Gasteiger partial charge in [-0.05, 0) is 74.3 Å². The van der Waals surface area contributed by atoms with Gasteiger partial charge in [-0.15, -0.1) is 0 Å². The highest BCUT2D eigenvalue weighted by Gasteiger charge is 2.23. The quantitative estimate of drug-likeness (QED) is 0.867. The Morgan fingerprint density at radius 2 is 1.65 bits per heavy atom. The monoisotopic (exact) mass is 353 g/mol. The number of aromatic nitrogens is 1. The molecule has 0 unspecified atom stereocenters. The largest absolute Gasteiger partial charge is 0.508 e. The van der Waals surface area contributed by atoms with Crippen molar-refractivity contribution in [2.75, 3.05) is 20.1 Å². The second-order valence-corrected chi connectivity index (χ2v) is 7.22. The molecule has 3 rings (SSSR count). The van der Waals surface area contributed by atoms with Crippen LogP contribution >= 0.6 is 0 Å². The van der Waals surface area contributed by atoms with E-state index in [1.807, 2.05) is 29.2 Å². The number of benzene rings is 1. The van der Waals surface area contributed by atoms with Gasteiger partial charge in [0.15, 0.2) is 0 Å². The molecule has 5 heteroatoms. The Bertz CT molecular complexity index is 695. The lowest BCUT2D eigenvalue weighted by molar-refractivity contribution is -0.133. The lowest BCUT2D eigenvalue weighted by atomic mass is 9.93. The van der Waals surface area contributed by atoms with Gasteiger partial charge in [0, 0.05) is 31.9 Å². The minimum absolute atomic E-state index is 0.199. The van der Waals surface area contributed by atoms with Gasteiger partial charge in [-0.2, -0.15) is 0 Å². The van der Waals surface area contributed by atoms with Crippen molar-refractivity contribution < 1.29 is 9.90 Å². The van der Waals surface area contributed by atoms with Crippen molar-refractivity contribution in [3.8, 4) is 5.75 Å². The van der Waals surface area contributed by atoms with E-state index in [1.54, 1.807) is 24.5 Å². The van der Waals surface area contributed by atoms with Crippen molar-refractivity contribution in [1.82, 2.24) is 14.8 Å². The summed E-state index contributed by atoms with van der Waals surface area (Å²) >= 11 is 0. The van der Waals surface area contributed by atoms with Crippen molar-refractivity contribution in [3.05, 3.63) is 59.9 Å². The van der Waals surface area contributed by atoms with E-state index in [9.17, 15) is 9.90 Å². The third-order valence-corrected chi connectivity index (χ3v) is 5.09. The van der Waals surface area contributed by atoms with Crippen molar-refractivity contribution in [2.45, 2.75) is 32.4 Å². The van der Waals surface area contributed by atoms with Crippen LogP contribution in [0.4, 0.5) is 0 Å². The maximum absolute atomic E-state index is 13.0. The second kappa shape index (κ2) is 8.81. The third kappa shape index (κ3) is 5.30. The van der Waals surface area contributed by atoms with Crippen LogP contribution in [-0.4, -0.2) is 45.9 Å². The summed E-state index contributed by atoms with van der Waals surface area (Å²) in [4.78, 5) is 21.3. The second-order valence-electron chi connectivity index (χ2n) is 7.22. The topological polar surface area (TPSA) is 56.7 Å². The van der Waals surface area contributed by atoms with Crippen LogP contribution < -0.4 is 0 Å². The zero-order valence-corrected chi connectivity index (χ0v) is 15.3. The van der Waals surface area contributed by atoms with E-state index in [0.29, 0.717) is 25.4 Å². The molecule has 0 atom stereocenters. The molecule has 0 saturated carbocycles. The van der Waals surface area contributed by atoms with Crippen molar-refractivity contribution in [3.63, 3.8) is 0 Å². The van der Waals surface area contributed by atoms with Crippen molar-refractivity contribution in [1.29, 1.82) is 0 Å². The van der Waals surface area contributed by atoms with Gasteiger partial charge < -0.3 is 14.9 Å².